The summed E-state index contributed by atoms with van der Waals surface area (Å²) in [5.74, 6) is -1.03. The molecule has 1 unspecified atom stereocenters. The lowest BCUT2D eigenvalue weighted by Crippen LogP contribution is -2.48. The third-order valence-corrected chi connectivity index (χ3v) is 4.34. The Kier molecular flexibility index (Phi) is 8.63. The highest BCUT2D eigenvalue weighted by atomic mass is 35.5. The standard InChI is InChI=1S/C16H21ClN2O4S/c1-19(9-7-14(20)21)16(23)13(8-10-24-2)18-15(22)11-5-3-4-6-12(11)17/h3-6,13H,7-10H2,1-2H3,(H,18,22)(H,20,21). The van der Waals surface area contributed by atoms with Crippen LogP contribution >= 0.6 is 23.4 Å². The van der Waals surface area contributed by atoms with Crippen molar-refractivity contribution in [2.75, 3.05) is 25.6 Å². The third kappa shape index (κ3) is 6.41. The van der Waals surface area contributed by atoms with Gasteiger partial charge in [-0.3, -0.25) is 14.4 Å². The first-order chi connectivity index (χ1) is 11.4. The molecule has 0 aliphatic carbocycles. The van der Waals surface area contributed by atoms with Crippen LogP contribution in [-0.4, -0.2) is 59.4 Å². The number of benzene rings is 1. The number of amides is 2. The highest BCUT2D eigenvalue weighted by Crippen LogP contribution is 2.15. The lowest BCUT2D eigenvalue weighted by Gasteiger charge is -2.24. The Morgan fingerprint density at radius 1 is 1.33 bits per heavy atom. The summed E-state index contributed by atoms with van der Waals surface area (Å²) < 4.78 is 0. The number of halogens is 1. The predicted octanol–water partition coefficient (Wildman–Crippen LogP) is 2.12. The molecule has 0 heterocycles. The van der Waals surface area contributed by atoms with E-state index in [0.29, 0.717) is 22.8 Å². The minimum absolute atomic E-state index is 0.0892. The monoisotopic (exact) mass is 372 g/mol. The summed E-state index contributed by atoms with van der Waals surface area (Å²) in [6.45, 7) is 0.0892. The van der Waals surface area contributed by atoms with Crippen LogP contribution in [0.1, 0.15) is 23.2 Å². The van der Waals surface area contributed by atoms with Crippen molar-refractivity contribution < 1.29 is 19.5 Å². The SMILES string of the molecule is CSCCC(NC(=O)c1ccccc1Cl)C(=O)N(C)CCC(=O)O. The smallest absolute Gasteiger partial charge is 0.305 e. The average Bonchev–Trinajstić information content (AvgIpc) is 2.55. The molecule has 8 heteroatoms. The molecular weight excluding hydrogens is 352 g/mol. The second-order valence-electron chi connectivity index (χ2n) is 5.19. The summed E-state index contributed by atoms with van der Waals surface area (Å²) in [7, 11) is 1.53. The van der Waals surface area contributed by atoms with E-state index in [1.54, 1.807) is 36.0 Å². The van der Waals surface area contributed by atoms with Gasteiger partial charge in [-0.25, -0.2) is 0 Å². The Balaban J connectivity index is 2.80. The van der Waals surface area contributed by atoms with Gasteiger partial charge in [-0.15, -0.1) is 0 Å². The molecule has 0 radical (unpaired) electrons. The molecule has 0 aliphatic heterocycles. The van der Waals surface area contributed by atoms with Crippen LogP contribution in [0.3, 0.4) is 0 Å². The fourth-order valence-electron chi connectivity index (χ4n) is 2.01. The van der Waals surface area contributed by atoms with Gasteiger partial charge < -0.3 is 15.3 Å². The molecule has 0 aromatic heterocycles. The molecule has 6 nitrogen and oxygen atoms in total. The van der Waals surface area contributed by atoms with E-state index in [2.05, 4.69) is 5.32 Å². The van der Waals surface area contributed by atoms with Crippen LogP contribution in [0.4, 0.5) is 0 Å². The Hall–Kier alpha value is -1.73. The highest BCUT2D eigenvalue weighted by molar-refractivity contribution is 7.98. The third-order valence-electron chi connectivity index (χ3n) is 3.37. The molecule has 0 spiro atoms. The lowest BCUT2D eigenvalue weighted by atomic mass is 10.1. The van der Waals surface area contributed by atoms with Crippen LogP contribution in [0.2, 0.25) is 5.02 Å². The molecule has 0 aliphatic rings. The average molecular weight is 373 g/mol. The van der Waals surface area contributed by atoms with Gasteiger partial charge in [-0.1, -0.05) is 23.7 Å². The number of rotatable bonds is 9. The van der Waals surface area contributed by atoms with Crippen LogP contribution < -0.4 is 5.32 Å². The predicted molar refractivity (Wildman–Crippen MR) is 95.6 cm³/mol. The molecule has 2 N–H and O–H groups in total. The first-order valence-corrected chi connectivity index (χ1v) is 9.15. The zero-order chi connectivity index (χ0) is 18.1. The van der Waals surface area contributed by atoms with Crippen molar-refractivity contribution in [1.29, 1.82) is 0 Å². The van der Waals surface area contributed by atoms with Crippen LogP contribution in [0.25, 0.3) is 0 Å². The van der Waals surface area contributed by atoms with E-state index in [1.807, 2.05) is 6.26 Å². The van der Waals surface area contributed by atoms with Gasteiger partial charge in [-0.2, -0.15) is 11.8 Å². The minimum Gasteiger partial charge on any atom is -0.481 e. The number of thioether (sulfide) groups is 1. The van der Waals surface area contributed by atoms with Crippen molar-refractivity contribution >= 4 is 41.1 Å². The number of carbonyl (C=O) groups excluding carboxylic acids is 2. The number of hydrogen-bond acceptors (Lipinski definition) is 4. The van der Waals surface area contributed by atoms with Crippen LogP contribution in [0.15, 0.2) is 24.3 Å². The number of likely N-dealkylation sites (N-methyl/N-ethyl adjacent to an activating group) is 1. The maximum atomic E-state index is 12.5. The largest absolute Gasteiger partial charge is 0.481 e. The number of carboxylic acids is 1. The summed E-state index contributed by atoms with van der Waals surface area (Å²) in [4.78, 5) is 36.8. The minimum atomic E-state index is -0.976. The molecule has 0 bridgehead atoms. The molecular formula is C16H21ClN2O4S. The molecule has 0 fully saturated rings. The normalized spacial score (nSPS) is 11.6. The van der Waals surface area contributed by atoms with Crippen molar-refractivity contribution in [2.45, 2.75) is 18.9 Å². The first kappa shape index (κ1) is 20.3. The number of carboxylic acid groups (broad SMARTS) is 1. The van der Waals surface area contributed by atoms with Gasteiger partial charge in [0, 0.05) is 13.6 Å². The van der Waals surface area contributed by atoms with E-state index in [-0.39, 0.29) is 18.9 Å². The van der Waals surface area contributed by atoms with Crippen molar-refractivity contribution in [1.82, 2.24) is 10.2 Å². The van der Waals surface area contributed by atoms with E-state index >= 15 is 0 Å². The van der Waals surface area contributed by atoms with Gasteiger partial charge in [0.15, 0.2) is 0 Å². The van der Waals surface area contributed by atoms with Gasteiger partial charge in [-0.05, 0) is 30.6 Å². The fraction of sp³-hybridized carbons (Fsp3) is 0.438. The van der Waals surface area contributed by atoms with E-state index in [0.717, 1.165) is 0 Å². The van der Waals surface area contributed by atoms with Crippen molar-refractivity contribution in [3.8, 4) is 0 Å². The molecule has 0 saturated heterocycles. The summed E-state index contributed by atoms with van der Waals surface area (Å²) >= 11 is 7.57. The van der Waals surface area contributed by atoms with Crippen molar-refractivity contribution in [3.63, 3.8) is 0 Å². The Labute approximate surface area is 150 Å². The van der Waals surface area contributed by atoms with E-state index in [1.165, 1.54) is 11.9 Å². The molecule has 24 heavy (non-hydrogen) atoms. The van der Waals surface area contributed by atoms with Gasteiger partial charge in [0.25, 0.3) is 5.91 Å². The molecule has 2 amide bonds. The summed E-state index contributed by atoms with van der Waals surface area (Å²) in [6.07, 6.45) is 2.22. The number of aliphatic carboxylic acids is 1. The van der Waals surface area contributed by atoms with Crippen LogP contribution in [-0.2, 0) is 9.59 Å². The van der Waals surface area contributed by atoms with Crippen molar-refractivity contribution in [2.24, 2.45) is 0 Å². The molecule has 0 saturated carbocycles. The Bertz CT molecular complexity index is 597. The zero-order valence-corrected chi connectivity index (χ0v) is 15.2. The molecule has 1 atom stereocenters. The van der Waals surface area contributed by atoms with Gasteiger partial charge in [0.1, 0.15) is 6.04 Å². The maximum Gasteiger partial charge on any atom is 0.305 e. The number of nitrogens with one attached hydrogen (secondary N) is 1. The van der Waals surface area contributed by atoms with Gasteiger partial charge in [0.2, 0.25) is 5.91 Å². The van der Waals surface area contributed by atoms with Crippen molar-refractivity contribution in [3.05, 3.63) is 34.9 Å². The lowest BCUT2D eigenvalue weighted by molar-refractivity contribution is -0.138. The van der Waals surface area contributed by atoms with Crippen LogP contribution in [0, 0.1) is 0 Å². The highest BCUT2D eigenvalue weighted by Gasteiger charge is 2.25. The fourth-order valence-corrected chi connectivity index (χ4v) is 2.71. The zero-order valence-electron chi connectivity index (χ0n) is 13.6. The number of hydrogen-bond donors (Lipinski definition) is 2. The second-order valence-corrected chi connectivity index (χ2v) is 6.58. The maximum absolute atomic E-state index is 12.5. The van der Waals surface area contributed by atoms with E-state index in [4.69, 9.17) is 16.7 Å². The van der Waals surface area contributed by atoms with E-state index in [9.17, 15) is 14.4 Å². The van der Waals surface area contributed by atoms with Crippen LogP contribution in [0.5, 0.6) is 0 Å². The number of carbonyl (C=O) groups is 3. The van der Waals surface area contributed by atoms with Gasteiger partial charge in [0.05, 0.1) is 17.0 Å². The molecule has 1 aromatic rings. The first-order valence-electron chi connectivity index (χ1n) is 7.38. The summed E-state index contributed by atoms with van der Waals surface area (Å²) in [5, 5.41) is 11.7. The Morgan fingerprint density at radius 2 is 2.00 bits per heavy atom. The number of nitrogens with zero attached hydrogens (tertiary/aromatic N) is 1. The quantitative estimate of drug-likeness (QED) is 0.693. The Morgan fingerprint density at radius 3 is 2.58 bits per heavy atom. The van der Waals surface area contributed by atoms with Gasteiger partial charge >= 0.3 is 5.97 Å². The molecule has 1 aromatic carbocycles. The topological polar surface area (TPSA) is 86.7 Å². The summed E-state index contributed by atoms with van der Waals surface area (Å²) in [6, 6.07) is 5.88. The molecule has 132 valence electrons. The second kappa shape index (κ2) is 10.2. The molecule has 1 rings (SSSR count). The van der Waals surface area contributed by atoms with E-state index < -0.39 is 17.9 Å². The summed E-state index contributed by atoms with van der Waals surface area (Å²) in [5.41, 5.74) is 0.300.